The van der Waals surface area contributed by atoms with Crippen LogP contribution in [0.4, 0.5) is 0 Å². The molecule has 1 aromatic carbocycles. The zero-order valence-corrected chi connectivity index (χ0v) is 20.7. The van der Waals surface area contributed by atoms with Gasteiger partial charge in [0.2, 0.25) is 0 Å². The Morgan fingerprint density at radius 2 is 1.88 bits per heavy atom. The summed E-state index contributed by atoms with van der Waals surface area (Å²) in [6.45, 7) is 8.80. The van der Waals surface area contributed by atoms with E-state index < -0.39 is 0 Å². The Labute approximate surface area is 201 Å². The van der Waals surface area contributed by atoms with Crippen molar-refractivity contribution >= 4 is 17.6 Å². The molecule has 0 amide bonds. The van der Waals surface area contributed by atoms with Gasteiger partial charge in [-0.15, -0.1) is 0 Å². The second-order valence-corrected chi connectivity index (χ2v) is 11.8. The first-order valence-electron chi connectivity index (χ1n) is 12.3. The molecule has 4 aliphatic rings. The summed E-state index contributed by atoms with van der Waals surface area (Å²) in [5, 5.41) is 15.6. The second kappa shape index (κ2) is 8.37. The highest BCUT2D eigenvalue weighted by molar-refractivity contribution is 6.30. The third-order valence-corrected chi connectivity index (χ3v) is 9.73. The molecule has 2 heterocycles. The summed E-state index contributed by atoms with van der Waals surface area (Å²) in [5.74, 6) is 0.516. The number of cyclic esters (lactones) is 1. The molecule has 0 radical (unpaired) electrons. The predicted molar refractivity (Wildman–Crippen MR) is 128 cm³/mol. The van der Waals surface area contributed by atoms with Gasteiger partial charge in [0.15, 0.2) is 0 Å². The zero-order valence-electron chi connectivity index (χ0n) is 19.9. The van der Waals surface area contributed by atoms with Crippen molar-refractivity contribution in [2.45, 2.75) is 77.2 Å². The molecule has 0 aromatic heterocycles. The number of hydrogen-bond donors (Lipinski definition) is 2. The van der Waals surface area contributed by atoms with Crippen LogP contribution in [-0.2, 0) is 20.8 Å². The molecule has 7 atom stereocenters. The van der Waals surface area contributed by atoms with Crippen molar-refractivity contribution in [3.8, 4) is 0 Å². The van der Waals surface area contributed by atoms with E-state index in [0.717, 1.165) is 50.2 Å². The molecule has 1 saturated heterocycles. The molecular weight excluding hydrogens is 438 g/mol. The lowest BCUT2D eigenvalue weighted by molar-refractivity contribution is -0.186. The smallest absolute Gasteiger partial charge is 0.336 e. The van der Waals surface area contributed by atoms with Gasteiger partial charge in [0, 0.05) is 23.5 Å². The summed E-state index contributed by atoms with van der Waals surface area (Å²) in [7, 11) is 0. The topological polar surface area (TPSA) is 67.8 Å². The average Bonchev–Trinajstić information content (AvgIpc) is 3.36. The van der Waals surface area contributed by atoms with Crippen molar-refractivity contribution in [1.29, 1.82) is 0 Å². The van der Waals surface area contributed by atoms with Gasteiger partial charge >= 0.3 is 5.97 Å². The highest BCUT2D eigenvalue weighted by Gasteiger charge is 2.65. The first kappa shape index (κ1) is 23.3. The van der Waals surface area contributed by atoms with Crippen LogP contribution in [0.2, 0.25) is 5.02 Å². The number of ether oxygens (including phenoxy) is 2. The van der Waals surface area contributed by atoms with Crippen LogP contribution in [0.1, 0.15) is 58.4 Å². The lowest BCUT2D eigenvalue weighted by Gasteiger charge is -2.62. The summed E-state index contributed by atoms with van der Waals surface area (Å²) >= 11 is 6.02. The highest BCUT2D eigenvalue weighted by atomic mass is 35.5. The molecule has 0 spiro atoms. The molecule has 2 aliphatic heterocycles. The third kappa shape index (κ3) is 3.85. The van der Waals surface area contributed by atoms with Gasteiger partial charge < -0.3 is 19.9 Å². The van der Waals surface area contributed by atoms with Crippen LogP contribution in [0.5, 0.6) is 0 Å². The zero-order chi connectivity index (χ0) is 23.4. The fourth-order valence-corrected chi connectivity index (χ4v) is 7.84. The van der Waals surface area contributed by atoms with Crippen LogP contribution in [0.15, 0.2) is 35.9 Å². The van der Waals surface area contributed by atoms with Gasteiger partial charge in [-0.2, -0.15) is 0 Å². The largest absolute Gasteiger partial charge is 0.458 e. The monoisotopic (exact) mass is 473 g/mol. The van der Waals surface area contributed by atoms with Gasteiger partial charge in [-0.05, 0) is 80.1 Å². The normalized spacial score (nSPS) is 42.5. The maximum absolute atomic E-state index is 12.2. The van der Waals surface area contributed by atoms with E-state index in [2.05, 4.69) is 26.1 Å². The van der Waals surface area contributed by atoms with Crippen molar-refractivity contribution in [2.24, 2.45) is 22.7 Å². The molecule has 180 valence electrons. The van der Waals surface area contributed by atoms with E-state index >= 15 is 0 Å². The van der Waals surface area contributed by atoms with Crippen molar-refractivity contribution in [3.05, 3.63) is 46.5 Å². The minimum Gasteiger partial charge on any atom is -0.458 e. The Kier molecular flexibility index (Phi) is 5.92. The number of halogens is 1. The van der Waals surface area contributed by atoms with Crippen LogP contribution in [0.25, 0.3) is 0 Å². The molecule has 0 bridgehead atoms. The number of aliphatic hydroxyl groups excluding tert-OH is 1. The molecule has 5 nitrogen and oxygen atoms in total. The number of benzene rings is 1. The molecule has 5 rings (SSSR count). The fourth-order valence-electron chi connectivity index (χ4n) is 7.71. The van der Waals surface area contributed by atoms with Gasteiger partial charge in [-0.3, -0.25) is 0 Å². The Bertz CT molecular complexity index is 948. The van der Waals surface area contributed by atoms with Crippen molar-refractivity contribution < 1.29 is 19.4 Å². The van der Waals surface area contributed by atoms with Crippen LogP contribution in [0, 0.1) is 22.7 Å². The number of rotatable bonds is 5. The molecule has 3 fully saturated rings. The summed E-state index contributed by atoms with van der Waals surface area (Å²) in [6.07, 6.45) is 6.01. The maximum Gasteiger partial charge on any atom is 0.336 e. The van der Waals surface area contributed by atoms with Gasteiger partial charge in [-0.1, -0.05) is 37.6 Å². The quantitative estimate of drug-likeness (QED) is 0.609. The van der Waals surface area contributed by atoms with E-state index in [-0.39, 0.29) is 34.6 Å². The van der Waals surface area contributed by atoms with E-state index in [0.29, 0.717) is 24.0 Å². The van der Waals surface area contributed by atoms with E-state index in [4.69, 9.17) is 21.1 Å². The first-order chi connectivity index (χ1) is 15.7. The lowest BCUT2D eigenvalue weighted by atomic mass is 9.44. The molecule has 6 heteroatoms. The molecule has 2 saturated carbocycles. The number of carbonyl (C=O) groups excluding carboxylic acids is 1. The number of fused-ring (bicyclic) bond motifs is 3. The lowest BCUT2D eigenvalue weighted by Crippen LogP contribution is -2.62. The van der Waals surface area contributed by atoms with Crippen molar-refractivity contribution in [3.63, 3.8) is 0 Å². The SMILES string of the molecule is C[C@]1(CNCc2ccc(Cl)cc2)[C@H]2CC[C@@]3(C)O[C@H](C4=CCOC4=O)C[C@H]3[C@]2(C)CC[C@H]1O. The van der Waals surface area contributed by atoms with E-state index in [1.54, 1.807) is 0 Å². The van der Waals surface area contributed by atoms with Gasteiger partial charge in [-0.25, -0.2) is 4.79 Å². The Hall–Kier alpha value is -1.40. The standard InChI is InChI=1S/C27H36ClNO4/c1-25-11-9-23(30)26(2,16-29-15-17-4-6-18(28)7-5-17)21(25)8-12-27(3)22(25)14-20(33-27)19-10-13-32-24(19)31/h4-7,10,20-23,29-30H,8-9,11-16H2,1-3H3/t20-,21-,22-,23+,25+,26-,27+/m0/s1. The van der Waals surface area contributed by atoms with E-state index in [1.165, 1.54) is 5.56 Å². The number of nitrogens with one attached hydrogen (secondary N) is 1. The minimum absolute atomic E-state index is 0.0563. The molecular formula is C27H36ClNO4. The molecule has 1 aromatic rings. The third-order valence-electron chi connectivity index (χ3n) is 9.48. The molecule has 2 aliphatic carbocycles. The van der Waals surface area contributed by atoms with Crippen LogP contribution in [0.3, 0.4) is 0 Å². The van der Waals surface area contributed by atoms with Crippen molar-refractivity contribution in [1.82, 2.24) is 5.32 Å². The van der Waals surface area contributed by atoms with Gasteiger partial charge in [0.25, 0.3) is 0 Å². The number of hydrogen-bond acceptors (Lipinski definition) is 5. The predicted octanol–water partition coefficient (Wildman–Crippen LogP) is 4.65. The van der Waals surface area contributed by atoms with E-state index in [1.807, 2.05) is 30.3 Å². The number of carbonyl (C=O) groups is 1. The molecule has 33 heavy (non-hydrogen) atoms. The number of aliphatic hydroxyl groups is 1. The van der Waals surface area contributed by atoms with Crippen LogP contribution >= 0.6 is 11.6 Å². The molecule has 2 N–H and O–H groups in total. The van der Waals surface area contributed by atoms with Crippen LogP contribution < -0.4 is 5.32 Å². The second-order valence-electron chi connectivity index (χ2n) is 11.4. The van der Waals surface area contributed by atoms with E-state index in [9.17, 15) is 9.90 Å². The Morgan fingerprint density at radius 3 is 2.58 bits per heavy atom. The van der Waals surface area contributed by atoms with Crippen LogP contribution in [-0.4, -0.2) is 42.0 Å². The number of esters is 1. The molecule has 0 unspecified atom stereocenters. The average molecular weight is 474 g/mol. The Balaban J connectivity index is 1.35. The van der Waals surface area contributed by atoms with Crippen molar-refractivity contribution in [2.75, 3.05) is 13.2 Å². The minimum atomic E-state index is -0.330. The maximum atomic E-state index is 12.2. The summed E-state index contributed by atoms with van der Waals surface area (Å²) < 4.78 is 11.8. The Morgan fingerprint density at radius 1 is 1.12 bits per heavy atom. The van der Waals surface area contributed by atoms with Gasteiger partial charge in [0.05, 0.1) is 23.4 Å². The highest BCUT2D eigenvalue weighted by Crippen LogP contribution is 2.66. The summed E-state index contributed by atoms with van der Waals surface area (Å²) in [4.78, 5) is 12.2. The summed E-state index contributed by atoms with van der Waals surface area (Å²) in [5.41, 5.74) is 1.50. The summed E-state index contributed by atoms with van der Waals surface area (Å²) in [6, 6.07) is 7.93. The first-order valence-corrected chi connectivity index (χ1v) is 12.7. The fraction of sp³-hybridized carbons (Fsp3) is 0.667. The van der Waals surface area contributed by atoms with Gasteiger partial charge in [0.1, 0.15) is 6.61 Å².